The van der Waals surface area contributed by atoms with Crippen LogP contribution in [0.15, 0.2) is 78.9 Å². The van der Waals surface area contributed by atoms with Crippen LogP contribution in [0.4, 0.5) is 0 Å². The van der Waals surface area contributed by atoms with E-state index in [1.54, 1.807) is 9.80 Å². The first-order valence-electron chi connectivity index (χ1n) is 12.1. The van der Waals surface area contributed by atoms with Gasteiger partial charge in [-0.1, -0.05) is 74.0 Å². The molecule has 2 amide bonds. The average Bonchev–Trinajstić information content (AvgIpc) is 3.25. The highest BCUT2D eigenvalue weighted by atomic mass is 16.2. The predicted octanol–water partition coefficient (Wildman–Crippen LogP) is 5.23. The molecular formula is C29H32N4O2. The van der Waals surface area contributed by atoms with Crippen molar-refractivity contribution in [3.63, 3.8) is 0 Å². The largest absolute Gasteiger partial charge is 0.340 e. The van der Waals surface area contributed by atoms with E-state index >= 15 is 0 Å². The molecule has 0 atom stereocenters. The van der Waals surface area contributed by atoms with E-state index in [0.717, 1.165) is 34.9 Å². The van der Waals surface area contributed by atoms with E-state index in [1.165, 1.54) is 0 Å². The topological polar surface area (TPSA) is 58.4 Å². The summed E-state index contributed by atoms with van der Waals surface area (Å²) >= 11 is 0. The molecule has 0 saturated heterocycles. The van der Waals surface area contributed by atoms with E-state index in [9.17, 15) is 9.59 Å². The molecule has 1 heterocycles. The van der Waals surface area contributed by atoms with E-state index in [4.69, 9.17) is 5.10 Å². The van der Waals surface area contributed by atoms with Gasteiger partial charge in [-0.3, -0.25) is 14.3 Å². The Kier molecular flexibility index (Phi) is 7.60. The fourth-order valence-electron chi connectivity index (χ4n) is 4.16. The second-order valence-corrected chi connectivity index (χ2v) is 8.95. The number of rotatable bonds is 9. The van der Waals surface area contributed by atoms with Crippen LogP contribution in [-0.4, -0.2) is 52.0 Å². The van der Waals surface area contributed by atoms with Crippen LogP contribution in [0.3, 0.4) is 0 Å². The Labute approximate surface area is 206 Å². The van der Waals surface area contributed by atoms with Gasteiger partial charge in [0.15, 0.2) is 5.69 Å². The van der Waals surface area contributed by atoms with Gasteiger partial charge < -0.3 is 9.80 Å². The Bertz CT molecular complexity index is 1300. The minimum Gasteiger partial charge on any atom is -0.340 e. The number of carbonyl (C=O) groups excluding carboxylic acids is 2. The Balaban J connectivity index is 1.50. The van der Waals surface area contributed by atoms with Gasteiger partial charge in [-0.25, -0.2) is 0 Å². The average molecular weight is 469 g/mol. The zero-order chi connectivity index (χ0) is 24.8. The smallest absolute Gasteiger partial charge is 0.274 e. The lowest BCUT2D eigenvalue weighted by molar-refractivity contribution is 0.0779. The molecule has 180 valence electrons. The van der Waals surface area contributed by atoms with Gasteiger partial charge in [0, 0.05) is 38.1 Å². The second kappa shape index (κ2) is 11.0. The summed E-state index contributed by atoms with van der Waals surface area (Å²) < 4.78 is 1.87. The van der Waals surface area contributed by atoms with Crippen LogP contribution in [0, 0.1) is 0 Å². The third-order valence-electron chi connectivity index (χ3n) is 6.20. The molecule has 4 aromatic rings. The fourth-order valence-corrected chi connectivity index (χ4v) is 4.16. The highest BCUT2D eigenvalue weighted by Crippen LogP contribution is 2.21. The summed E-state index contributed by atoms with van der Waals surface area (Å²) in [5.41, 5.74) is 4.15. The standard InChI is InChI=1S/C29H32N4O2/c1-4-5-19-31(2)29(35)27-25-13-9-10-14-26(25)33(30-27)21-23-15-17-24(18-16-23)28(34)32(3)20-22-11-7-6-8-12-22/h6-18H,4-5,19-21H2,1-3H3. The van der Waals surface area contributed by atoms with Crippen molar-refractivity contribution >= 4 is 22.7 Å². The number of carbonyl (C=O) groups is 2. The number of amides is 2. The van der Waals surface area contributed by atoms with Gasteiger partial charge in [-0.05, 0) is 35.7 Å². The molecule has 0 radical (unpaired) electrons. The third-order valence-corrected chi connectivity index (χ3v) is 6.20. The van der Waals surface area contributed by atoms with Crippen LogP contribution in [0.1, 0.15) is 51.7 Å². The number of hydrogen-bond donors (Lipinski definition) is 0. The van der Waals surface area contributed by atoms with E-state index in [0.29, 0.717) is 30.9 Å². The number of benzene rings is 3. The predicted molar refractivity (Wildman–Crippen MR) is 139 cm³/mol. The van der Waals surface area contributed by atoms with Gasteiger partial charge in [-0.15, -0.1) is 0 Å². The van der Waals surface area contributed by atoms with Crippen LogP contribution < -0.4 is 0 Å². The first kappa shape index (κ1) is 24.2. The summed E-state index contributed by atoms with van der Waals surface area (Å²) in [4.78, 5) is 29.4. The third kappa shape index (κ3) is 5.60. The summed E-state index contributed by atoms with van der Waals surface area (Å²) in [7, 11) is 3.64. The molecule has 1 aromatic heterocycles. The van der Waals surface area contributed by atoms with Crippen molar-refractivity contribution in [3.8, 4) is 0 Å². The summed E-state index contributed by atoms with van der Waals surface area (Å²) in [5.74, 6) is -0.0799. The van der Waals surface area contributed by atoms with Crippen molar-refractivity contribution in [2.24, 2.45) is 0 Å². The maximum absolute atomic E-state index is 13.1. The first-order chi connectivity index (χ1) is 17.0. The van der Waals surface area contributed by atoms with Crippen LogP contribution in [0.25, 0.3) is 10.9 Å². The van der Waals surface area contributed by atoms with Crippen LogP contribution >= 0.6 is 0 Å². The molecular weight excluding hydrogens is 436 g/mol. The van der Waals surface area contributed by atoms with Gasteiger partial charge in [0.05, 0.1) is 12.1 Å². The second-order valence-electron chi connectivity index (χ2n) is 8.95. The minimum atomic E-state index is -0.0594. The molecule has 6 heteroatoms. The van der Waals surface area contributed by atoms with E-state index in [2.05, 4.69) is 6.92 Å². The lowest BCUT2D eigenvalue weighted by atomic mass is 10.1. The number of aromatic nitrogens is 2. The van der Waals surface area contributed by atoms with Crippen molar-refractivity contribution in [2.75, 3.05) is 20.6 Å². The lowest BCUT2D eigenvalue weighted by Crippen LogP contribution is -2.28. The Morgan fingerprint density at radius 3 is 2.20 bits per heavy atom. The number of fused-ring (bicyclic) bond motifs is 1. The van der Waals surface area contributed by atoms with Gasteiger partial charge in [0.25, 0.3) is 11.8 Å². The summed E-state index contributed by atoms with van der Waals surface area (Å²) in [5, 5.41) is 5.55. The molecule has 6 nitrogen and oxygen atoms in total. The molecule has 3 aromatic carbocycles. The quantitative estimate of drug-likeness (QED) is 0.338. The summed E-state index contributed by atoms with van der Waals surface area (Å²) in [6.45, 7) is 3.90. The number of hydrogen-bond acceptors (Lipinski definition) is 3. The molecule has 0 saturated carbocycles. The zero-order valence-electron chi connectivity index (χ0n) is 20.6. The molecule has 0 unspecified atom stereocenters. The lowest BCUT2D eigenvalue weighted by Gasteiger charge is -2.17. The van der Waals surface area contributed by atoms with Gasteiger partial charge in [0.1, 0.15) is 0 Å². The van der Waals surface area contributed by atoms with E-state index in [-0.39, 0.29) is 11.8 Å². The highest BCUT2D eigenvalue weighted by Gasteiger charge is 2.20. The Morgan fingerprint density at radius 1 is 0.800 bits per heavy atom. The Morgan fingerprint density at radius 2 is 1.49 bits per heavy atom. The number of para-hydroxylation sites is 1. The monoisotopic (exact) mass is 468 g/mol. The van der Waals surface area contributed by atoms with Gasteiger partial charge >= 0.3 is 0 Å². The molecule has 0 N–H and O–H groups in total. The van der Waals surface area contributed by atoms with Crippen LogP contribution in [0.2, 0.25) is 0 Å². The Hall–Kier alpha value is -3.93. The molecule has 0 spiro atoms. The fraction of sp³-hybridized carbons (Fsp3) is 0.276. The van der Waals surface area contributed by atoms with Crippen molar-refractivity contribution in [2.45, 2.75) is 32.9 Å². The zero-order valence-corrected chi connectivity index (χ0v) is 20.6. The minimum absolute atomic E-state index is 0.0204. The van der Waals surface area contributed by atoms with E-state index < -0.39 is 0 Å². The van der Waals surface area contributed by atoms with Crippen molar-refractivity contribution < 1.29 is 9.59 Å². The highest BCUT2D eigenvalue weighted by molar-refractivity contribution is 6.04. The van der Waals surface area contributed by atoms with Crippen molar-refractivity contribution in [1.82, 2.24) is 19.6 Å². The maximum atomic E-state index is 13.1. The van der Waals surface area contributed by atoms with Crippen molar-refractivity contribution in [3.05, 3.63) is 101 Å². The summed E-state index contributed by atoms with van der Waals surface area (Å²) in [6.07, 6.45) is 2.00. The molecule has 4 rings (SSSR count). The molecule has 0 aliphatic carbocycles. The van der Waals surface area contributed by atoms with Crippen LogP contribution in [0.5, 0.6) is 0 Å². The summed E-state index contributed by atoms with van der Waals surface area (Å²) in [6, 6.07) is 25.4. The first-order valence-corrected chi connectivity index (χ1v) is 12.1. The normalized spacial score (nSPS) is 10.9. The number of nitrogens with zero attached hydrogens (tertiary/aromatic N) is 4. The van der Waals surface area contributed by atoms with Gasteiger partial charge in [-0.2, -0.15) is 5.10 Å². The molecule has 0 fully saturated rings. The molecule has 35 heavy (non-hydrogen) atoms. The maximum Gasteiger partial charge on any atom is 0.274 e. The SMILES string of the molecule is CCCCN(C)C(=O)c1nn(Cc2ccc(C(=O)N(C)Cc3ccccc3)cc2)c2ccccc12. The van der Waals surface area contributed by atoms with E-state index in [1.807, 2.05) is 97.6 Å². The molecule has 0 bridgehead atoms. The van der Waals surface area contributed by atoms with Crippen LogP contribution in [-0.2, 0) is 13.1 Å². The molecule has 0 aliphatic rings. The van der Waals surface area contributed by atoms with Gasteiger partial charge in [0.2, 0.25) is 0 Å². The molecule has 0 aliphatic heterocycles. The number of unbranched alkanes of at least 4 members (excludes halogenated alkanes) is 1. The van der Waals surface area contributed by atoms with Crippen molar-refractivity contribution in [1.29, 1.82) is 0 Å².